The van der Waals surface area contributed by atoms with E-state index in [0.29, 0.717) is 74.7 Å². The van der Waals surface area contributed by atoms with Crippen LogP contribution in [0.25, 0.3) is 0 Å². The molecule has 0 heterocycles. The second-order valence-electron chi connectivity index (χ2n) is 11.8. The topological polar surface area (TPSA) is 94.8 Å². The number of nitriles is 1. The van der Waals surface area contributed by atoms with Crippen molar-refractivity contribution in [2.75, 3.05) is 13.2 Å². The van der Waals surface area contributed by atoms with Crippen LogP contribution in [0.1, 0.15) is 109 Å². The molecule has 0 aliphatic heterocycles. The molecule has 2 aliphatic rings. The van der Waals surface area contributed by atoms with Crippen LogP contribution in [0.5, 0.6) is 11.5 Å². The van der Waals surface area contributed by atoms with E-state index in [2.05, 4.69) is 6.07 Å². The molecule has 2 fully saturated rings. The van der Waals surface area contributed by atoms with Crippen molar-refractivity contribution in [2.24, 2.45) is 11.8 Å². The molecule has 0 spiro atoms. The Kier molecular flexibility index (Phi) is 14.3. The molecular formula is C33H47F2NO6. The first-order chi connectivity index (χ1) is 20.3. The minimum absolute atomic E-state index is 0.214. The van der Waals surface area contributed by atoms with Crippen LogP contribution in [0.2, 0.25) is 0 Å². The summed E-state index contributed by atoms with van der Waals surface area (Å²) in [5, 5.41) is 9.67. The van der Waals surface area contributed by atoms with Gasteiger partial charge in [-0.25, -0.2) is 18.4 Å². The predicted molar refractivity (Wildman–Crippen MR) is 155 cm³/mol. The number of nitrogens with zero attached hydrogens (tertiary/aromatic N) is 1. The zero-order chi connectivity index (χ0) is 30.3. The highest BCUT2D eigenvalue weighted by Gasteiger charge is 2.29. The highest BCUT2D eigenvalue weighted by Crippen LogP contribution is 2.31. The fraction of sp³-hybridized carbons (Fsp3) is 0.727. The Morgan fingerprint density at radius 1 is 0.810 bits per heavy atom. The van der Waals surface area contributed by atoms with Gasteiger partial charge in [0.05, 0.1) is 18.8 Å². The van der Waals surface area contributed by atoms with Crippen LogP contribution in [-0.4, -0.2) is 49.7 Å². The number of rotatable bonds is 16. The van der Waals surface area contributed by atoms with Gasteiger partial charge in [0, 0.05) is 6.07 Å². The number of carbonyl (C=O) groups excluding carboxylic acids is 2. The highest BCUT2D eigenvalue weighted by atomic mass is 19.1. The van der Waals surface area contributed by atoms with E-state index < -0.39 is 24.3 Å². The summed E-state index contributed by atoms with van der Waals surface area (Å²) >= 11 is 0. The smallest absolute Gasteiger partial charge is 0.340 e. The normalized spacial score (nSPS) is 23.7. The molecule has 42 heavy (non-hydrogen) atoms. The number of carbonyl (C=O) groups is 2. The molecule has 0 radical (unpaired) electrons. The van der Waals surface area contributed by atoms with E-state index in [1.807, 2.05) is 13.8 Å². The van der Waals surface area contributed by atoms with E-state index in [9.17, 15) is 23.6 Å². The minimum Gasteiger partial charge on any atom is -0.493 e. The van der Waals surface area contributed by atoms with Crippen LogP contribution in [-0.2, 0) is 19.1 Å². The third-order valence-corrected chi connectivity index (χ3v) is 8.32. The minimum atomic E-state index is -1.54. The monoisotopic (exact) mass is 591 g/mol. The molecule has 0 unspecified atom stereocenters. The Balaban J connectivity index is 1.36. The molecule has 2 aliphatic carbocycles. The summed E-state index contributed by atoms with van der Waals surface area (Å²) < 4.78 is 50.5. The van der Waals surface area contributed by atoms with E-state index >= 15 is 0 Å². The molecule has 0 N–H and O–H groups in total. The third kappa shape index (κ3) is 11.1. The maximum Gasteiger partial charge on any atom is 0.340 e. The third-order valence-electron chi connectivity index (χ3n) is 8.32. The van der Waals surface area contributed by atoms with Gasteiger partial charge in [-0.2, -0.15) is 5.26 Å². The standard InChI is InChI=1S/C33H47F2NO6/c1-3-5-7-29(34)32(37)41-26-13-9-23(10-14-26)21-39-28-17-18-31(25(19-28)20-36)40-22-24-11-15-27(16-12-24)42-33(38)30(35)8-6-4-2/h17-19,23-24,26-27,29-30H,3-16,21-22H2,1-2H3/t23?,24?,26?,27?,29-,30-/m0/s1. The van der Waals surface area contributed by atoms with Gasteiger partial charge >= 0.3 is 11.9 Å². The van der Waals surface area contributed by atoms with Crippen molar-refractivity contribution in [1.29, 1.82) is 5.26 Å². The van der Waals surface area contributed by atoms with Crippen molar-refractivity contribution in [3.8, 4) is 17.6 Å². The Hall–Kier alpha value is -2.89. The maximum absolute atomic E-state index is 13.9. The van der Waals surface area contributed by atoms with E-state index in [1.54, 1.807) is 18.2 Å². The highest BCUT2D eigenvalue weighted by molar-refractivity contribution is 5.75. The molecule has 7 nitrogen and oxygen atoms in total. The molecule has 2 atom stereocenters. The summed E-state index contributed by atoms with van der Waals surface area (Å²) in [5.74, 6) is 0.177. The number of hydrogen-bond donors (Lipinski definition) is 0. The van der Waals surface area contributed by atoms with Crippen LogP contribution < -0.4 is 9.47 Å². The second kappa shape index (κ2) is 17.9. The van der Waals surface area contributed by atoms with Gasteiger partial charge in [-0.3, -0.25) is 0 Å². The number of ether oxygens (including phenoxy) is 4. The first-order valence-corrected chi connectivity index (χ1v) is 15.8. The Bertz CT molecular complexity index is 1010. The molecular weight excluding hydrogens is 544 g/mol. The molecule has 0 bridgehead atoms. The molecule has 234 valence electrons. The van der Waals surface area contributed by atoms with Gasteiger partial charge in [0.25, 0.3) is 0 Å². The molecule has 2 saturated carbocycles. The van der Waals surface area contributed by atoms with E-state index in [4.69, 9.17) is 18.9 Å². The maximum atomic E-state index is 13.9. The average Bonchev–Trinajstić information content (AvgIpc) is 3.01. The van der Waals surface area contributed by atoms with E-state index in [0.717, 1.165) is 38.5 Å². The Labute approximate surface area is 249 Å². The van der Waals surface area contributed by atoms with Gasteiger partial charge < -0.3 is 18.9 Å². The summed E-state index contributed by atoms with van der Waals surface area (Å²) in [6.45, 7) is 4.86. The quantitative estimate of drug-likeness (QED) is 0.183. The van der Waals surface area contributed by atoms with Crippen LogP contribution in [0.15, 0.2) is 18.2 Å². The molecule has 1 aromatic carbocycles. The molecule has 0 amide bonds. The van der Waals surface area contributed by atoms with Gasteiger partial charge in [-0.1, -0.05) is 39.5 Å². The Morgan fingerprint density at radius 3 is 1.74 bits per heavy atom. The molecule has 0 aromatic heterocycles. The molecule has 9 heteroatoms. The van der Waals surface area contributed by atoms with Crippen molar-refractivity contribution in [1.82, 2.24) is 0 Å². The lowest BCUT2D eigenvalue weighted by molar-refractivity contribution is -0.158. The lowest BCUT2D eigenvalue weighted by Crippen LogP contribution is -2.30. The van der Waals surface area contributed by atoms with Crippen LogP contribution >= 0.6 is 0 Å². The summed E-state index contributed by atoms with van der Waals surface area (Å²) in [6, 6.07) is 7.41. The number of hydrogen-bond acceptors (Lipinski definition) is 7. The largest absolute Gasteiger partial charge is 0.493 e. The van der Waals surface area contributed by atoms with E-state index in [-0.39, 0.29) is 31.0 Å². The summed E-state index contributed by atoms with van der Waals surface area (Å²) in [6.07, 6.45) is 5.89. The van der Waals surface area contributed by atoms with Crippen molar-refractivity contribution in [3.05, 3.63) is 23.8 Å². The molecule has 0 saturated heterocycles. The molecule has 1 aromatic rings. The van der Waals surface area contributed by atoms with E-state index in [1.165, 1.54) is 0 Å². The number of esters is 2. The van der Waals surface area contributed by atoms with Gasteiger partial charge in [0.15, 0.2) is 12.3 Å². The van der Waals surface area contributed by atoms with Crippen molar-refractivity contribution in [3.63, 3.8) is 0 Å². The van der Waals surface area contributed by atoms with Gasteiger partial charge in [0.1, 0.15) is 29.8 Å². The van der Waals surface area contributed by atoms with Crippen LogP contribution in [0, 0.1) is 23.2 Å². The van der Waals surface area contributed by atoms with Gasteiger partial charge in [-0.05, 0) is 88.2 Å². The Morgan fingerprint density at radius 2 is 1.29 bits per heavy atom. The average molecular weight is 592 g/mol. The van der Waals surface area contributed by atoms with Crippen molar-refractivity contribution >= 4 is 11.9 Å². The summed E-state index contributed by atoms with van der Waals surface area (Å²) in [7, 11) is 0. The zero-order valence-corrected chi connectivity index (χ0v) is 25.2. The summed E-state index contributed by atoms with van der Waals surface area (Å²) in [4.78, 5) is 23.9. The fourth-order valence-corrected chi connectivity index (χ4v) is 5.55. The number of halogens is 2. The first kappa shape index (κ1) is 33.6. The van der Waals surface area contributed by atoms with Crippen molar-refractivity contribution in [2.45, 2.75) is 128 Å². The summed E-state index contributed by atoms with van der Waals surface area (Å²) in [5.41, 5.74) is 0.399. The predicted octanol–water partition coefficient (Wildman–Crippen LogP) is 7.58. The van der Waals surface area contributed by atoms with Gasteiger partial charge in [-0.15, -0.1) is 0 Å². The van der Waals surface area contributed by atoms with Crippen LogP contribution in [0.4, 0.5) is 8.78 Å². The lowest BCUT2D eigenvalue weighted by atomic mass is 9.88. The number of alkyl halides is 2. The first-order valence-electron chi connectivity index (χ1n) is 15.8. The van der Waals surface area contributed by atoms with Gasteiger partial charge in [0.2, 0.25) is 0 Å². The van der Waals surface area contributed by atoms with Crippen LogP contribution in [0.3, 0.4) is 0 Å². The zero-order valence-electron chi connectivity index (χ0n) is 25.2. The number of benzene rings is 1. The lowest BCUT2D eigenvalue weighted by Gasteiger charge is -2.29. The molecule has 3 rings (SSSR count). The SMILES string of the molecule is CCCC[C@H](F)C(=O)OC1CCC(COc2ccc(OCC3CCC(OC(=O)[C@@H](F)CCCC)CC3)c(C#N)c2)CC1. The fourth-order valence-electron chi connectivity index (χ4n) is 5.55. The second-order valence-corrected chi connectivity index (χ2v) is 11.8. The number of unbranched alkanes of at least 4 members (excludes halogenated alkanes) is 2. The van der Waals surface area contributed by atoms with Crippen molar-refractivity contribution < 1.29 is 37.3 Å².